The van der Waals surface area contributed by atoms with Crippen LogP contribution in [0.2, 0.25) is 0 Å². The Kier molecular flexibility index (Phi) is 8.91. The maximum Gasteiger partial charge on any atom is 0.325 e. The van der Waals surface area contributed by atoms with Crippen molar-refractivity contribution in [1.29, 1.82) is 0 Å². The van der Waals surface area contributed by atoms with Gasteiger partial charge in [0.05, 0.1) is 6.10 Å². The van der Waals surface area contributed by atoms with Crippen molar-refractivity contribution in [1.82, 2.24) is 14.9 Å². The van der Waals surface area contributed by atoms with Crippen LogP contribution in [0.3, 0.4) is 0 Å². The van der Waals surface area contributed by atoms with Crippen molar-refractivity contribution in [2.75, 3.05) is 38.1 Å². The van der Waals surface area contributed by atoms with Gasteiger partial charge in [-0.15, -0.1) is 0 Å². The number of hydrazone groups is 1. The number of unbranched alkanes of at least 4 members (excludes halogenated alkanes) is 1. The third-order valence-electron chi connectivity index (χ3n) is 7.95. The van der Waals surface area contributed by atoms with Crippen LogP contribution in [-0.2, 0) is 22.4 Å². The fourth-order valence-electron chi connectivity index (χ4n) is 5.66. The molecule has 0 aromatic carbocycles. The minimum Gasteiger partial charge on any atom is -0.480 e. The number of likely N-dealkylation sites (tertiary alicyclic amines) is 1. The molecule has 1 saturated carbocycles. The minimum atomic E-state index is -0.814. The van der Waals surface area contributed by atoms with E-state index in [0.717, 1.165) is 67.9 Å². The standard InChI is InChI=1S/C30H41N5O3/c1-31-35(19-22-11-12-22)20-24-7-2-3-10-27(24)28(30(36)37)34-17-15-26(21-34)38-18-5-4-9-25-14-13-23-8-6-16-32-29(23)33-25/h2-3,10,13-14,20,22,26,28H,1,4-9,11-12,15-19,21H2,(H,32,33)(H,36,37)/b24-20+. The summed E-state index contributed by atoms with van der Waals surface area (Å²) < 4.78 is 6.19. The van der Waals surface area contributed by atoms with E-state index in [1.807, 2.05) is 23.4 Å². The molecule has 2 aliphatic carbocycles. The zero-order valence-electron chi connectivity index (χ0n) is 22.4. The van der Waals surface area contributed by atoms with Gasteiger partial charge in [0.1, 0.15) is 11.9 Å². The quantitative estimate of drug-likeness (QED) is 0.227. The SMILES string of the molecule is C=NN(/C=C1\CC=CC=C1C(C(=O)O)N1CCC(OCCCCc2ccc3c(n2)NCCC3)C1)CC1CC1. The van der Waals surface area contributed by atoms with Gasteiger partial charge in [-0.05, 0) is 86.5 Å². The highest BCUT2D eigenvalue weighted by Gasteiger charge is 2.36. The van der Waals surface area contributed by atoms with Gasteiger partial charge in [0, 0.05) is 51.4 Å². The summed E-state index contributed by atoms with van der Waals surface area (Å²) in [7, 11) is 0. The molecule has 8 nitrogen and oxygen atoms in total. The van der Waals surface area contributed by atoms with E-state index >= 15 is 0 Å². The largest absolute Gasteiger partial charge is 0.480 e. The van der Waals surface area contributed by atoms with Crippen LogP contribution in [0.15, 0.2) is 52.8 Å². The first kappa shape index (κ1) is 26.6. The van der Waals surface area contributed by atoms with E-state index in [4.69, 9.17) is 9.72 Å². The highest BCUT2D eigenvalue weighted by molar-refractivity contribution is 5.80. The molecule has 0 spiro atoms. The van der Waals surface area contributed by atoms with Crippen molar-refractivity contribution < 1.29 is 14.6 Å². The number of ether oxygens (including phenoxy) is 1. The molecule has 204 valence electrons. The summed E-state index contributed by atoms with van der Waals surface area (Å²) in [6, 6.07) is 3.68. The van der Waals surface area contributed by atoms with Gasteiger partial charge in [-0.25, -0.2) is 4.98 Å². The van der Waals surface area contributed by atoms with Crippen molar-refractivity contribution in [3.63, 3.8) is 0 Å². The molecule has 5 rings (SSSR count). The van der Waals surface area contributed by atoms with Crippen LogP contribution >= 0.6 is 0 Å². The molecule has 2 unspecified atom stereocenters. The molecule has 2 atom stereocenters. The van der Waals surface area contributed by atoms with Crippen LogP contribution in [0.4, 0.5) is 5.82 Å². The lowest BCUT2D eigenvalue weighted by molar-refractivity contribution is -0.141. The fraction of sp³-hybridized carbons (Fsp3) is 0.567. The van der Waals surface area contributed by atoms with E-state index < -0.39 is 12.0 Å². The van der Waals surface area contributed by atoms with E-state index in [1.54, 1.807) is 0 Å². The first-order chi connectivity index (χ1) is 18.6. The maximum atomic E-state index is 12.5. The predicted molar refractivity (Wildman–Crippen MR) is 150 cm³/mol. The van der Waals surface area contributed by atoms with Gasteiger partial charge < -0.3 is 15.2 Å². The molecular formula is C30H41N5O3. The molecule has 2 aliphatic heterocycles. The number of fused-ring (bicyclic) bond motifs is 1. The number of aromatic nitrogens is 1. The van der Waals surface area contributed by atoms with Crippen molar-refractivity contribution in [2.45, 2.75) is 69.9 Å². The van der Waals surface area contributed by atoms with E-state index in [0.29, 0.717) is 32.0 Å². The fourth-order valence-corrected chi connectivity index (χ4v) is 5.66. The smallest absolute Gasteiger partial charge is 0.325 e. The summed E-state index contributed by atoms with van der Waals surface area (Å²) >= 11 is 0. The van der Waals surface area contributed by atoms with Gasteiger partial charge in [-0.3, -0.25) is 14.7 Å². The Morgan fingerprint density at radius 3 is 3.05 bits per heavy atom. The average Bonchev–Trinajstić information content (AvgIpc) is 3.64. The summed E-state index contributed by atoms with van der Waals surface area (Å²) in [4.78, 5) is 19.3. The first-order valence-corrected chi connectivity index (χ1v) is 14.2. The molecule has 1 aromatic heterocycles. The lowest BCUT2D eigenvalue weighted by atomic mass is 9.92. The first-order valence-electron chi connectivity index (χ1n) is 14.2. The number of aryl methyl sites for hydroxylation is 2. The zero-order valence-corrected chi connectivity index (χ0v) is 22.4. The van der Waals surface area contributed by atoms with E-state index in [1.165, 1.54) is 24.8 Å². The number of hydrogen-bond acceptors (Lipinski definition) is 7. The van der Waals surface area contributed by atoms with Crippen molar-refractivity contribution in [3.8, 4) is 0 Å². The number of carboxylic acids is 1. The number of allylic oxidation sites excluding steroid dienone is 3. The number of nitrogens with zero attached hydrogens (tertiary/aromatic N) is 4. The van der Waals surface area contributed by atoms with Gasteiger partial charge in [-0.2, -0.15) is 5.10 Å². The Hall–Kier alpha value is -2.97. The van der Waals surface area contributed by atoms with Gasteiger partial charge in [0.25, 0.3) is 0 Å². The molecule has 1 saturated heterocycles. The third-order valence-corrected chi connectivity index (χ3v) is 7.95. The molecule has 3 heterocycles. The van der Waals surface area contributed by atoms with Gasteiger partial charge in [-0.1, -0.05) is 24.3 Å². The van der Waals surface area contributed by atoms with Crippen LogP contribution < -0.4 is 5.32 Å². The van der Waals surface area contributed by atoms with Crippen LogP contribution in [0.1, 0.15) is 56.2 Å². The highest BCUT2D eigenvalue weighted by atomic mass is 16.5. The maximum absolute atomic E-state index is 12.5. The number of anilines is 1. The van der Waals surface area contributed by atoms with Crippen LogP contribution in [-0.4, -0.2) is 77.6 Å². The monoisotopic (exact) mass is 519 g/mol. The van der Waals surface area contributed by atoms with Crippen LogP contribution in [0.25, 0.3) is 0 Å². The van der Waals surface area contributed by atoms with Gasteiger partial charge >= 0.3 is 5.97 Å². The van der Waals surface area contributed by atoms with Gasteiger partial charge in [0.15, 0.2) is 0 Å². The van der Waals surface area contributed by atoms with E-state index in [9.17, 15) is 9.90 Å². The van der Waals surface area contributed by atoms with E-state index in [2.05, 4.69) is 40.2 Å². The Labute approximate surface area is 226 Å². The predicted octanol–water partition coefficient (Wildman–Crippen LogP) is 4.40. The third kappa shape index (κ3) is 6.91. The molecule has 8 heteroatoms. The Morgan fingerprint density at radius 1 is 1.34 bits per heavy atom. The number of rotatable bonds is 13. The second-order valence-electron chi connectivity index (χ2n) is 10.9. The number of carbonyl (C=O) groups is 1. The number of hydrogen-bond donors (Lipinski definition) is 2. The molecule has 1 aromatic rings. The Morgan fingerprint density at radius 2 is 2.24 bits per heavy atom. The van der Waals surface area contributed by atoms with Crippen molar-refractivity contribution in [2.24, 2.45) is 11.0 Å². The molecule has 0 radical (unpaired) electrons. The number of carboxylic acid groups (broad SMARTS) is 1. The average molecular weight is 520 g/mol. The second kappa shape index (κ2) is 12.7. The highest BCUT2D eigenvalue weighted by Crippen LogP contribution is 2.32. The van der Waals surface area contributed by atoms with Crippen molar-refractivity contribution in [3.05, 3.63) is 59.0 Å². The summed E-state index contributed by atoms with van der Waals surface area (Å²) in [6.07, 6.45) is 17.3. The number of aliphatic carboxylic acids is 1. The van der Waals surface area contributed by atoms with Gasteiger partial charge in [0.2, 0.25) is 0 Å². The summed E-state index contributed by atoms with van der Waals surface area (Å²) in [5.74, 6) is 0.911. The zero-order chi connectivity index (χ0) is 26.3. The van der Waals surface area contributed by atoms with E-state index in [-0.39, 0.29) is 6.10 Å². The molecule has 38 heavy (non-hydrogen) atoms. The lowest BCUT2D eigenvalue weighted by Crippen LogP contribution is -2.42. The molecule has 4 aliphatic rings. The molecule has 2 fully saturated rings. The molecular weight excluding hydrogens is 478 g/mol. The van der Waals surface area contributed by atoms with Crippen molar-refractivity contribution >= 4 is 18.5 Å². The number of pyridine rings is 1. The Bertz CT molecular complexity index is 1090. The normalized spacial score (nSPS) is 23.0. The lowest BCUT2D eigenvalue weighted by Gasteiger charge is -2.29. The molecule has 0 bridgehead atoms. The number of nitrogens with one attached hydrogen (secondary N) is 1. The van der Waals surface area contributed by atoms with Crippen LogP contribution in [0, 0.1) is 5.92 Å². The topological polar surface area (TPSA) is 90.3 Å². The summed E-state index contributed by atoms with van der Waals surface area (Å²) in [5.41, 5.74) is 4.31. The minimum absolute atomic E-state index is 0.0660. The van der Waals surface area contributed by atoms with Crippen LogP contribution in [0.5, 0.6) is 0 Å². The summed E-state index contributed by atoms with van der Waals surface area (Å²) in [6.45, 7) is 7.62. The summed E-state index contributed by atoms with van der Waals surface area (Å²) in [5, 5.41) is 19.7. The molecule has 2 N–H and O–H groups in total. The molecule has 0 amide bonds. The second-order valence-corrected chi connectivity index (χ2v) is 10.9. The Balaban J connectivity index is 1.11.